The number of rotatable bonds is 5. The van der Waals surface area contributed by atoms with Crippen LogP contribution in [0.4, 0.5) is 0 Å². The van der Waals surface area contributed by atoms with E-state index in [0.717, 1.165) is 25.0 Å². The Kier molecular flexibility index (Phi) is 5.62. The molecular weight excluding hydrogens is 186 g/mol. The van der Waals surface area contributed by atoms with Gasteiger partial charge in [-0.05, 0) is 31.1 Å². The average Bonchev–Trinajstić information content (AvgIpc) is 2.15. The fourth-order valence-electron chi connectivity index (χ4n) is 2.25. The van der Waals surface area contributed by atoms with Crippen LogP contribution in [0.25, 0.3) is 0 Å². The SMILES string of the molecule is CC(C)CC1OCCCC1CNC(C)C. The van der Waals surface area contributed by atoms with E-state index in [2.05, 4.69) is 33.0 Å². The highest BCUT2D eigenvalue weighted by molar-refractivity contribution is 4.78. The summed E-state index contributed by atoms with van der Waals surface area (Å²) in [6.45, 7) is 11.1. The zero-order valence-corrected chi connectivity index (χ0v) is 10.8. The van der Waals surface area contributed by atoms with Crippen LogP contribution in [0, 0.1) is 11.8 Å². The molecule has 0 amide bonds. The third kappa shape index (κ3) is 4.98. The third-order valence-corrected chi connectivity index (χ3v) is 3.07. The molecule has 0 aromatic rings. The topological polar surface area (TPSA) is 21.3 Å². The molecule has 1 saturated heterocycles. The van der Waals surface area contributed by atoms with E-state index in [9.17, 15) is 0 Å². The molecule has 1 aliphatic rings. The van der Waals surface area contributed by atoms with E-state index in [4.69, 9.17) is 4.74 Å². The quantitative estimate of drug-likeness (QED) is 0.758. The summed E-state index contributed by atoms with van der Waals surface area (Å²) in [4.78, 5) is 0. The van der Waals surface area contributed by atoms with E-state index in [1.807, 2.05) is 0 Å². The first-order valence-electron chi connectivity index (χ1n) is 6.44. The monoisotopic (exact) mass is 213 g/mol. The van der Waals surface area contributed by atoms with Crippen LogP contribution in [0.15, 0.2) is 0 Å². The van der Waals surface area contributed by atoms with Gasteiger partial charge < -0.3 is 10.1 Å². The first-order chi connectivity index (χ1) is 7.09. The van der Waals surface area contributed by atoms with Crippen molar-refractivity contribution in [1.29, 1.82) is 0 Å². The van der Waals surface area contributed by atoms with E-state index in [-0.39, 0.29) is 0 Å². The van der Waals surface area contributed by atoms with Crippen molar-refractivity contribution < 1.29 is 4.74 Å². The lowest BCUT2D eigenvalue weighted by atomic mass is 9.88. The Labute approximate surface area is 94.8 Å². The molecule has 0 radical (unpaired) electrons. The molecule has 2 atom stereocenters. The number of ether oxygens (including phenoxy) is 1. The van der Waals surface area contributed by atoms with Gasteiger partial charge >= 0.3 is 0 Å². The fraction of sp³-hybridized carbons (Fsp3) is 1.00. The molecular formula is C13H27NO. The Balaban J connectivity index is 2.35. The maximum Gasteiger partial charge on any atom is 0.0617 e. The lowest BCUT2D eigenvalue weighted by Gasteiger charge is -2.33. The summed E-state index contributed by atoms with van der Waals surface area (Å²) in [6, 6.07) is 0.589. The van der Waals surface area contributed by atoms with E-state index in [1.54, 1.807) is 0 Å². The molecule has 0 aromatic heterocycles. The molecule has 1 rings (SSSR count). The normalized spacial score (nSPS) is 27.6. The summed E-state index contributed by atoms with van der Waals surface area (Å²) in [5.74, 6) is 1.47. The van der Waals surface area contributed by atoms with Gasteiger partial charge in [0.05, 0.1) is 6.10 Å². The van der Waals surface area contributed by atoms with Gasteiger partial charge in [0.1, 0.15) is 0 Å². The molecule has 1 fully saturated rings. The molecule has 15 heavy (non-hydrogen) atoms. The molecule has 0 spiro atoms. The second-order valence-corrected chi connectivity index (χ2v) is 5.50. The summed E-state index contributed by atoms with van der Waals surface area (Å²) in [5, 5.41) is 3.54. The van der Waals surface area contributed by atoms with Crippen molar-refractivity contribution >= 4 is 0 Å². The first kappa shape index (κ1) is 13.0. The largest absolute Gasteiger partial charge is 0.378 e. The zero-order chi connectivity index (χ0) is 11.3. The smallest absolute Gasteiger partial charge is 0.0617 e. The van der Waals surface area contributed by atoms with Gasteiger partial charge in [0.15, 0.2) is 0 Å². The number of nitrogens with one attached hydrogen (secondary N) is 1. The third-order valence-electron chi connectivity index (χ3n) is 3.07. The lowest BCUT2D eigenvalue weighted by molar-refractivity contribution is -0.0367. The molecule has 0 saturated carbocycles. The Morgan fingerprint density at radius 2 is 2.00 bits per heavy atom. The highest BCUT2D eigenvalue weighted by Crippen LogP contribution is 2.25. The van der Waals surface area contributed by atoms with Crippen molar-refractivity contribution in [1.82, 2.24) is 5.32 Å². The van der Waals surface area contributed by atoms with Crippen LogP contribution in [0.2, 0.25) is 0 Å². The highest BCUT2D eigenvalue weighted by atomic mass is 16.5. The minimum Gasteiger partial charge on any atom is -0.378 e. The van der Waals surface area contributed by atoms with Crippen molar-refractivity contribution in [2.24, 2.45) is 11.8 Å². The molecule has 0 aromatic carbocycles. The second-order valence-electron chi connectivity index (χ2n) is 5.50. The van der Waals surface area contributed by atoms with Crippen molar-refractivity contribution in [3.05, 3.63) is 0 Å². The molecule has 0 aliphatic carbocycles. The van der Waals surface area contributed by atoms with E-state index >= 15 is 0 Å². The van der Waals surface area contributed by atoms with E-state index < -0.39 is 0 Å². The van der Waals surface area contributed by atoms with Gasteiger partial charge in [-0.25, -0.2) is 0 Å². The summed E-state index contributed by atoms with van der Waals surface area (Å²) in [6.07, 6.45) is 4.27. The molecule has 2 unspecified atom stereocenters. The zero-order valence-electron chi connectivity index (χ0n) is 10.8. The van der Waals surface area contributed by atoms with Crippen molar-refractivity contribution in [2.75, 3.05) is 13.2 Å². The van der Waals surface area contributed by atoms with Crippen LogP contribution in [0.3, 0.4) is 0 Å². The molecule has 1 heterocycles. The second kappa shape index (κ2) is 6.49. The van der Waals surface area contributed by atoms with Gasteiger partial charge in [0.25, 0.3) is 0 Å². The minimum absolute atomic E-state index is 0.491. The summed E-state index contributed by atoms with van der Waals surface area (Å²) in [7, 11) is 0. The van der Waals surface area contributed by atoms with Crippen molar-refractivity contribution in [3.63, 3.8) is 0 Å². The van der Waals surface area contributed by atoms with Crippen LogP contribution in [0.1, 0.15) is 47.0 Å². The van der Waals surface area contributed by atoms with Gasteiger partial charge in [0.2, 0.25) is 0 Å². The average molecular weight is 213 g/mol. The first-order valence-corrected chi connectivity index (χ1v) is 6.44. The predicted octanol–water partition coefficient (Wildman–Crippen LogP) is 2.83. The highest BCUT2D eigenvalue weighted by Gasteiger charge is 2.26. The number of hydrogen-bond donors (Lipinski definition) is 1. The van der Waals surface area contributed by atoms with Gasteiger partial charge in [-0.1, -0.05) is 27.7 Å². The van der Waals surface area contributed by atoms with Crippen LogP contribution in [-0.2, 0) is 4.74 Å². The molecule has 1 aliphatic heterocycles. The maximum absolute atomic E-state index is 5.89. The van der Waals surface area contributed by atoms with Gasteiger partial charge in [-0.3, -0.25) is 0 Å². The van der Waals surface area contributed by atoms with Crippen LogP contribution >= 0.6 is 0 Å². The molecule has 2 heteroatoms. The Hall–Kier alpha value is -0.0800. The van der Waals surface area contributed by atoms with E-state index in [1.165, 1.54) is 19.3 Å². The lowest BCUT2D eigenvalue weighted by Crippen LogP contribution is -2.39. The van der Waals surface area contributed by atoms with Gasteiger partial charge in [0, 0.05) is 19.2 Å². The summed E-state index contributed by atoms with van der Waals surface area (Å²) >= 11 is 0. The number of hydrogen-bond acceptors (Lipinski definition) is 2. The molecule has 2 nitrogen and oxygen atoms in total. The minimum atomic E-state index is 0.491. The van der Waals surface area contributed by atoms with Gasteiger partial charge in [-0.15, -0.1) is 0 Å². The van der Waals surface area contributed by atoms with Crippen LogP contribution in [-0.4, -0.2) is 25.3 Å². The fourth-order valence-corrected chi connectivity index (χ4v) is 2.25. The van der Waals surface area contributed by atoms with Crippen LogP contribution < -0.4 is 5.32 Å². The van der Waals surface area contributed by atoms with E-state index in [0.29, 0.717) is 12.1 Å². The Morgan fingerprint density at radius 3 is 2.60 bits per heavy atom. The Bertz CT molecular complexity index is 168. The standard InChI is InChI=1S/C13H27NO/c1-10(2)8-13-12(6-5-7-15-13)9-14-11(3)4/h10-14H,5-9H2,1-4H3. The molecule has 90 valence electrons. The van der Waals surface area contributed by atoms with Gasteiger partial charge in [-0.2, -0.15) is 0 Å². The van der Waals surface area contributed by atoms with Crippen molar-refractivity contribution in [3.8, 4) is 0 Å². The summed E-state index contributed by atoms with van der Waals surface area (Å²) < 4.78 is 5.89. The molecule has 0 bridgehead atoms. The summed E-state index contributed by atoms with van der Waals surface area (Å²) in [5.41, 5.74) is 0. The predicted molar refractivity (Wildman–Crippen MR) is 65.1 cm³/mol. The van der Waals surface area contributed by atoms with Crippen LogP contribution in [0.5, 0.6) is 0 Å². The maximum atomic E-state index is 5.89. The Morgan fingerprint density at radius 1 is 1.27 bits per heavy atom. The molecule has 1 N–H and O–H groups in total. The van der Waals surface area contributed by atoms with Crippen molar-refractivity contribution in [2.45, 2.75) is 59.1 Å².